The summed E-state index contributed by atoms with van der Waals surface area (Å²) in [5.41, 5.74) is 2.19. The zero-order valence-electron chi connectivity index (χ0n) is 10.4. The van der Waals surface area contributed by atoms with Crippen molar-refractivity contribution in [1.29, 1.82) is 0 Å². The van der Waals surface area contributed by atoms with Crippen molar-refractivity contribution in [2.45, 2.75) is 32.2 Å². The highest BCUT2D eigenvalue weighted by atomic mass is 16.1. The van der Waals surface area contributed by atoms with Gasteiger partial charge in [-0.25, -0.2) is 4.98 Å². The van der Waals surface area contributed by atoms with Gasteiger partial charge in [0.15, 0.2) is 0 Å². The van der Waals surface area contributed by atoms with E-state index in [2.05, 4.69) is 16.4 Å². The number of amides is 1. The molecule has 2 rings (SSSR count). The number of aryl methyl sites for hydroxylation is 1. The highest BCUT2D eigenvalue weighted by molar-refractivity contribution is 5.50. The van der Waals surface area contributed by atoms with Gasteiger partial charge in [0.25, 0.3) is 0 Å². The summed E-state index contributed by atoms with van der Waals surface area (Å²) in [5, 5.41) is 3.03. The second-order valence-corrected chi connectivity index (χ2v) is 4.48. The number of pyridine rings is 1. The maximum Gasteiger partial charge on any atom is 0.210 e. The molecule has 1 amide bonds. The Hall–Kier alpha value is -1.58. The number of piperidine rings is 1. The molecule has 1 atom stereocenters. The van der Waals surface area contributed by atoms with E-state index in [1.54, 1.807) is 0 Å². The van der Waals surface area contributed by atoms with Crippen molar-refractivity contribution in [2.75, 3.05) is 18.9 Å². The molecule has 1 N–H and O–H groups in total. The molecule has 1 aliphatic heterocycles. The van der Waals surface area contributed by atoms with Crippen LogP contribution in [0.25, 0.3) is 0 Å². The number of hydrogen-bond donors (Lipinski definition) is 1. The molecule has 1 aromatic heterocycles. The van der Waals surface area contributed by atoms with Crippen LogP contribution in [0.2, 0.25) is 0 Å². The first-order valence-electron chi connectivity index (χ1n) is 6.12. The van der Waals surface area contributed by atoms with Gasteiger partial charge in [-0.3, -0.25) is 4.79 Å². The Labute approximate surface area is 102 Å². The molecule has 17 heavy (non-hydrogen) atoms. The molecule has 1 aromatic rings. The largest absolute Gasteiger partial charge is 0.373 e. The molecule has 4 nitrogen and oxygen atoms in total. The first-order valence-corrected chi connectivity index (χ1v) is 6.12. The van der Waals surface area contributed by atoms with Crippen LogP contribution in [0.15, 0.2) is 12.1 Å². The lowest BCUT2D eigenvalue weighted by molar-refractivity contribution is -0.121. The average Bonchev–Trinajstić information content (AvgIpc) is 2.38. The fourth-order valence-corrected chi connectivity index (χ4v) is 2.48. The van der Waals surface area contributed by atoms with Crippen LogP contribution < -0.4 is 5.32 Å². The Morgan fingerprint density at radius 1 is 1.47 bits per heavy atom. The van der Waals surface area contributed by atoms with E-state index >= 15 is 0 Å². The van der Waals surface area contributed by atoms with Gasteiger partial charge in [0.05, 0.1) is 6.04 Å². The van der Waals surface area contributed by atoms with Crippen LogP contribution in [0.1, 0.15) is 36.6 Å². The quantitative estimate of drug-likeness (QED) is 0.813. The van der Waals surface area contributed by atoms with Crippen molar-refractivity contribution < 1.29 is 4.79 Å². The standard InChI is InChI=1S/C13H19N3O/c1-10-11(6-7-13(14-2)15-10)12-5-3-4-8-16(12)9-17/h6-7,9,12H,3-5,8H2,1-2H3,(H,14,15)/t12-/m1/s1. The molecule has 0 radical (unpaired) electrons. The molecule has 2 heterocycles. The average molecular weight is 233 g/mol. The summed E-state index contributed by atoms with van der Waals surface area (Å²) in [6.07, 6.45) is 4.30. The molecule has 4 heteroatoms. The van der Waals surface area contributed by atoms with E-state index in [1.165, 1.54) is 12.0 Å². The fraction of sp³-hybridized carbons (Fsp3) is 0.538. The summed E-state index contributed by atoms with van der Waals surface area (Å²) in [6.45, 7) is 2.87. The van der Waals surface area contributed by atoms with Crippen LogP contribution in [-0.4, -0.2) is 29.9 Å². The zero-order chi connectivity index (χ0) is 12.3. The third-order valence-corrected chi connectivity index (χ3v) is 3.42. The third kappa shape index (κ3) is 2.40. The molecule has 1 fully saturated rings. The van der Waals surface area contributed by atoms with Crippen molar-refractivity contribution in [3.63, 3.8) is 0 Å². The number of likely N-dealkylation sites (tertiary alicyclic amines) is 1. The summed E-state index contributed by atoms with van der Waals surface area (Å²) >= 11 is 0. The minimum Gasteiger partial charge on any atom is -0.373 e. The number of carbonyl (C=O) groups excluding carboxylic acids is 1. The molecule has 92 valence electrons. The van der Waals surface area contributed by atoms with Crippen molar-refractivity contribution >= 4 is 12.2 Å². The maximum absolute atomic E-state index is 11.1. The zero-order valence-corrected chi connectivity index (χ0v) is 10.4. The first-order chi connectivity index (χ1) is 8.26. The second-order valence-electron chi connectivity index (χ2n) is 4.48. The van der Waals surface area contributed by atoms with E-state index in [0.29, 0.717) is 0 Å². The van der Waals surface area contributed by atoms with Gasteiger partial charge in [-0.05, 0) is 37.8 Å². The number of carbonyl (C=O) groups is 1. The van der Waals surface area contributed by atoms with E-state index in [-0.39, 0.29) is 6.04 Å². The molecular weight excluding hydrogens is 214 g/mol. The molecule has 0 spiro atoms. The summed E-state index contributed by atoms with van der Waals surface area (Å²) in [4.78, 5) is 17.4. The number of anilines is 1. The van der Waals surface area contributed by atoms with E-state index in [1.807, 2.05) is 24.9 Å². The van der Waals surface area contributed by atoms with Crippen LogP contribution in [0.4, 0.5) is 5.82 Å². The highest BCUT2D eigenvalue weighted by Gasteiger charge is 2.24. The highest BCUT2D eigenvalue weighted by Crippen LogP contribution is 2.31. The predicted molar refractivity (Wildman–Crippen MR) is 67.9 cm³/mol. The van der Waals surface area contributed by atoms with Crippen molar-refractivity contribution in [3.05, 3.63) is 23.4 Å². The number of hydrogen-bond acceptors (Lipinski definition) is 3. The normalized spacial score (nSPS) is 20.1. The summed E-state index contributed by atoms with van der Waals surface area (Å²) in [7, 11) is 1.86. The molecule has 1 saturated heterocycles. The van der Waals surface area contributed by atoms with Crippen LogP contribution in [0.3, 0.4) is 0 Å². The first kappa shape index (κ1) is 11.9. The molecular formula is C13H19N3O. The Morgan fingerprint density at radius 2 is 2.29 bits per heavy atom. The van der Waals surface area contributed by atoms with Gasteiger partial charge in [0.1, 0.15) is 5.82 Å². The Morgan fingerprint density at radius 3 is 2.94 bits per heavy atom. The lowest BCUT2D eigenvalue weighted by Crippen LogP contribution is -2.32. The predicted octanol–water partition coefficient (Wildman–Crippen LogP) is 2.12. The number of nitrogens with one attached hydrogen (secondary N) is 1. The number of aromatic nitrogens is 1. The third-order valence-electron chi connectivity index (χ3n) is 3.42. The monoisotopic (exact) mass is 233 g/mol. The van der Waals surface area contributed by atoms with E-state index in [9.17, 15) is 4.79 Å². The number of nitrogens with zero attached hydrogens (tertiary/aromatic N) is 2. The topological polar surface area (TPSA) is 45.2 Å². The SMILES string of the molecule is CNc1ccc([C@H]2CCCCN2C=O)c(C)n1. The Balaban J connectivity index is 2.28. The van der Waals surface area contributed by atoms with E-state index in [0.717, 1.165) is 37.3 Å². The summed E-state index contributed by atoms with van der Waals surface area (Å²) < 4.78 is 0. The lowest BCUT2D eigenvalue weighted by Gasteiger charge is -2.33. The van der Waals surface area contributed by atoms with Gasteiger partial charge in [-0.2, -0.15) is 0 Å². The van der Waals surface area contributed by atoms with Gasteiger partial charge >= 0.3 is 0 Å². The van der Waals surface area contributed by atoms with Crippen LogP contribution in [0, 0.1) is 6.92 Å². The Bertz CT molecular complexity index is 406. The van der Waals surface area contributed by atoms with Gasteiger partial charge in [0.2, 0.25) is 6.41 Å². The fourth-order valence-electron chi connectivity index (χ4n) is 2.48. The summed E-state index contributed by atoms with van der Waals surface area (Å²) in [5.74, 6) is 0.875. The van der Waals surface area contributed by atoms with Gasteiger partial charge < -0.3 is 10.2 Å². The van der Waals surface area contributed by atoms with Crippen molar-refractivity contribution in [1.82, 2.24) is 9.88 Å². The van der Waals surface area contributed by atoms with E-state index in [4.69, 9.17) is 0 Å². The molecule has 1 aliphatic rings. The molecule has 0 saturated carbocycles. The summed E-state index contributed by atoms with van der Waals surface area (Å²) in [6, 6.07) is 4.26. The van der Waals surface area contributed by atoms with Crippen molar-refractivity contribution in [2.24, 2.45) is 0 Å². The smallest absolute Gasteiger partial charge is 0.210 e. The van der Waals surface area contributed by atoms with Crippen molar-refractivity contribution in [3.8, 4) is 0 Å². The molecule has 0 unspecified atom stereocenters. The lowest BCUT2D eigenvalue weighted by atomic mass is 9.95. The van der Waals surface area contributed by atoms with Gasteiger partial charge in [-0.1, -0.05) is 6.07 Å². The van der Waals surface area contributed by atoms with E-state index < -0.39 is 0 Å². The second kappa shape index (κ2) is 5.17. The minimum absolute atomic E-state index is 0.208. The molecule has 0 bridgehead atoms. The minimum atomic E-state index is 0.208. The molecule has 0 aliphatic carbocycles. The van der Waals surface area contributed by atoms with Crippen LogP contribution in [-0.2, 0) is 4.79 Å². The van der Waals surface area contributed by atoms with Gasteiger partial charge in [0, 0.05) is 19.3 Å². The van der Waals surface area contributed by atoms with Gasteiger partial charge in [-0.15, -0.1) is 0 Å². The molecule has 0 aromatic carbocycles. The van der Waals surface area contributed by atoms with Crippen LogP contribution in [0.5, 0.6) is 0 Å². The van der Waals surface area contributed by atoms with Crippen LogP contribution >= 0.6 is 0 Å². The Kier molecular flexibility index (Phi) is 3.61. The number of rotatable bonds is 3. The maximum atomic E-state index is 11.1.